The SMILES string of the molecule is Cn1cc2c3c1C(=O)C(NCc1ccccc1)=CC3=[N+](Cc1ccccc1)CC2. The summed E-state index contributed by atoms with van der Waals surface area (Å²) in [7, 11) is 1.98. The monoisotopic (exact) mass is 382 g/mol. The fourth-order valence-electron chi connectivity index (χ4n) is 4.36. The first kappa shape index (κ1) is 17.7. The Hall–Kier alpha value is -3.40. The summed E-state index contributed by atoms with van der Waals surface area (Å²) in [5.41, 5.74) is 7.45. The molecule has 2 aliphatic rings. The molecule has 144 valence electrons. The second-order valence-electron chi connectivity index (χ2n) is 7.76. The number of hydrogen-bond donors (Lipinski definition) is 1. The lowest BCUT2D eigenvalue weighted by atomic mass is 9.91. The molecule has 0 bridgehead atoms. The molecule has 4 nitrogen and oxygen atoms in total. The van der Waals surface area contributed by atoms with E-state index in [2.05, 4.69) is 58.6 Å². The summed E-state index contributed by atoms with van der Waals surface area (Å²) in [5, 5.41) is 3.39. The van der Waals surface area contributed by atoms with Gasteiger partial charge < -0.3 is 9.88 Å². The van der Waals surface area contributed by atoms with Crippen molar-refractivity contribution in [1.29, 1.82) is 0 Å². The number of carbonyl (C=O) groups excluding carboxylic acids is 1. The smallest absolute Gasteiger partial charge is 0.226 e. The summed E-state index contributed by atoms with van der Waals surface area (Å²) in [6.07, 6.45) is 5.14. The number of benzene rings is 2. The van der Waals surface area contributed by atoms with Crippen LogP contribution in [0.1, 0.15) is 32.7 Å². The topological polar surface area (TPSA) is 37.0 Å². The number of ketones is 1. The number of hydrogen-bond acceptors (Lipinski definition) is 2. The molecule has 1 aliphatic heterocycles. The molecule has 0 spiro atoms. The first-order chi connectivity index (χ1) is 14.2. The molecule has 1 N–H and O–H groups in total. The van der Waals surface area contributed by atoms with Crippen LogP contribution in [0.25, 0.3) is 0 Å². The second-order valence-corrected chi connectivity index (χ2v) is 7.76. The van der Waals surface area contributed by atoms with E-state index in [0.29, 0.717) is 12.2 Å². The van der Waals surface area contributed by atoms with Gasteiger partial charge in [-0.2, -0.15) is 0 Å². The van der Waals surface area contributed by atoms with E-state index in [0.717, 1.165) is 42.0 Å². The zero-order valence-electron chi connectivity index (χ0n) is 16.6. The van der Waals surface area contributed by atoms with Crippen molar-refractivity contribution in [2.24, 2.45) is 7.05 Å². The molecular weight excluding hydrogens is 358 g/mol. The summed E-state index contributed by atoms with van der Waals surface area (Å²) >= 11 is 0. The lowest BCUT2D eigenvalue weighted by molar-refractivity contribution is -0.543. The molecular formula is C25H24N3O+. The third-order valence-corrected chi connectivity index (χ3v) is 5.79. The lowest BCUT2D eigenvalue weighted by Crippen LogP contribution is -2.35. The number of aromatic nitrogens is 1. The molecule has 1 aromatic heterocycles. The van der Waals surface area contributed by atoms with Crippen LogP contribution in [0.4, 0.5) is 0 Å². The normalized spacial score (nSPS) is 15.2. The fourth-order valence-corrected chi connectivity index (χ4v) is 4.36. The van der Waals surface area contributed by atoms with Gasteiger partial charge in [0.2, 0.25) is 11.5 Å². The van der Waals surface area contributed by atoms with E-state index < -0.39 is 0 Å². The first-order valence-corrected chi connectivity index (χ1v) is 10.1. The van der Waals surface area contributed by atoms with Gasteiger partial charge in [0.15, 0.2) is 6.54 Å². The highest BCUT2D eigenvalue weighted by Gasteiger charge is 2.37. The van der Waals surface area contributed by atoms with E-state index in [-0.39, 0.29) is 5.78 Å². The molecule has 4 heteroatoms. The maximum atomic E-state index is 13.2. The van der Waals surface area contributed by atoms with Gasteiger partial charge in [-0.3, -0.25) is 4.79 Å². The Morgan fingerprint density at radius 2 is 1.69 bits per heavy atom. The molecule has 0 amide bonds. The van der Waals surface area contributed by atoms with Crippen LogP contribution in [0.2, 0.25) is 0 Å². The zero-order valence-corrected chi connectivity index (χ0v) is 16.6. The first-order valence-electron chi connectivity index (χ1n) is 10.1. The molecule has 0 saturated heterocycles. The van der Waals surface area contributed by atoms with Crippen molar-refractivity contribution in [2.75, 3.05) is 6.54 Å². The molecule has 29 heavy (non-hydrogen) atoms. The van der Waals surface area contributed by atoms with Crippen molar-refractivity contribution >= 4 is 11.5 Å². The number of Topliss-reactive ketones (excluding diaryl/α,β-unsaturated/α-hetero) is 1. The van der Waals surface area contributed by atoms with Crippen molar-refractivity contribution in [3.63, 3.8) is 0 Å². The largest absolute Gasteiger partial charge is 0.378 e. The molecule has 2 heterocycles. The summed E-state index contributed by atoms with van der Waals surface area (Å²) in [6.45, 7) is 2.44. The van der Waals surface area contributed by atoms with Crippen LogP contribution < -0.4 is 5.32 Å². The number of aryl methyl sites for hydroxylation is 1. The van der Waals surface area contributed by atoms with E-state index in [4.69, 9.17) is 0 Å². The minimum Gasteiger partial charge on any atom is -0.378 e. The quantitative estimate of drug-likeness (QED) is 0.686. The predicted molar refractivity (Wildman–Crippen MR) is 114 cm³/mol. The zero-order chi connectivity index (χ0) is 19.8. The van der Waals surface area contributed by atoms with Crippen LogP contribution in [0.5, 0.6) is 0 Å². The molecule has 0 radical (unpaired) electrons. The number of allylic oxidation sites excluding steroid dienone is 2. The van der Waals surface area contributed by atoms with E-state index in [1.807, 2.05) is 35.9 Å². The standard InChI is InChI=1S/C25H23N3O/c1-27-17-20-12-13-28(16-19-10-6-3-7-11-19)22-14-21(25(29)24(27)23(20)22)26-15-18-8-4-2-5-9-18/h2-11,14,17H,12-13,15-16H2,1H3/p+1. The van der Waals surface area contributed by atoms with Gasteiger partial charge >= 0.3 is 0 Å². The van der Waals surface area contributed by atoms with Gasteiger partial charge in [0.05, 0.1) is 11.3 Å². The molecule has 2 aromatic carbocycles. The number of nitrogens with one attached hydrogen (secondary N) is 1. The Bertz CT molecular complexity index is 1140. The molecule has 5 rings (SSSR count). The molecule has 0 fully saturated rings. The van der Waals surface area contributed by atoms with Crippen molar-refractivity contribution in [3.8, 4) is 0 Å². The van der Waals surface area contributed by atoms with Crippen molar-refractivity contribution < 1.29 is 9.37 Å². The van der Waals surface area contributed by atoms with E-state index in [1.165, 1.54) is 11.1 Å². The number of carbonyl (C=O) groups is 1. The predicted octanol–water partition coefficient (Wildman–Crippen LogP) is 3.45. The molecule has 0 atom stereocenters. The third-order valence-electron chi connectivity index (χ3n) is 5.79. The average Bonchev–Trinajstić information content (AvgIpc) is 3.09. The van der Waals surface area contributed by atoms with Crippen molar-refractivity contribution in [2.45, 2.75) is 19.5 Å². The number of nitrogens with zero attached hydrogens (tertiary/aromatic N) is 2. The van der Waals surface area contributed by atoms with Gasteiger partial charge in [0.1, 0.15) is 12.2 Å². The molecule has 0 unspecified atom stereocenters. The van der Waals surface area contributed by atoms with Gasteiger partial charge in [0.25, 0.3) is 0 Å². The Labute approximate surface area is 170 Å². The van der Waals surface area contributed by atoms with Crippen LogP contribution in [-0.2, 0) is 26.6 Å². The van der Waals surface area contributed by atoms with E-state index in [1.54, 1.807) is 0 Å². The highest BCUT2D eigenvalue weighted by Crippen LogP contribution is 2.29. The summed E-state index contributed by atoms with van der Waals surface area (Å²) in [4.78, 5) is 13.2. The maximum absolute atomic E-state index is 13.2. The highest BCUT2D eigenvalue weighted by atomic mass is 16.1. The van der Waals surface area contributed by atoms with Crippen molar-refractivity contribution in [1.82, 2.24) is 9.88 Å². The van der Waals surface area contributed by atoms with Gasteiger partial charge in [-0.15, -0.1) is 0 Å². The summed E-state index contributed by atoms with van der Waals surface area (Å²) in [5.74, 6) is 0.0787. The summed E-state index contributed by atoms with van der Waals surface area (Å²) < 4.78 is 4.40. The lowest BCUT2D eigenvalue weighted by Gasteiger charge is -2.21. The maximum Gasteiger partial charge on any atom is 0.226 e. The summed E-state index contributed by atoms with van der Waals surface area (Å²) in [6, 6.07) is 20.7. The minimum atomic E-state index is 0.0787. The van der Waals surface area contributed by atoms with E-state index >= 15 is 0 Å². The van der Waals surface area contributed by atoms with Gasteiger partial charge in [0, 0.05) is 37.8 Å². The van der Waals surface area contributed by atoms with Crippen LogP contribution in [0.3, 0.4) is 0 Å². The Balaban J connectivity index is 1.55. The third kappa shape index (κ3) is 3.21. The highest BCUT2D eigenvalue weighted by molar-refractivity contribution is 6.24. The van der Waals surface area contributed by atoms with E-state index in [9.17, 15) is 4.79 Å². The minimum absolute atomic E-state index is 0.0787. The second kappa shape index (κ2) is 7.21. The average molecular weight is 382 g/mol. The Kier molecular flexibility index (Phi) is 4.39. The Morgan fingerprint density at radius 3 is 2.41 bits per heavy atom. The fraction of sp³-hybridized carbons (Fsp3) is 0.200. The van der Waals surface area contributed by atoms with Gasteiger partial charge in [-0.05, 0) is 11.1 Å². The number of rotatable bonds is 5. The van der Waals surface area contributed by atoms with Gasteiger partial charge in [-0.1, -0.05) is 60.7 Å². The van der Waals surface area contributed by atoms with Crippen LogP contribution in [0.15, 0.2) is 78.6 Å². The Morgan fingerprint density at radius 1 is 1.00 bits per heavy atom. The molecule has 1 aliphatic carbocycles. The van der Waals surface area contributed by atoms with Crippen LogP contribution in [0, 0.1) is 0 Å². The van der Waals surface area contributed by atoms with Crippen LogP contribution in [-0.4, -0.2) is 27.2 Å². The van der Waals surface area contributed by atoms with Crippen LogP contribution >= 0.6 is 0 Å². The molecule has 3 aromatic rings. The van der Waals surface area contributed by atoms with Crippen molar-refractivity contribution in [3.05, 3.63) is 107 Å². The van der Waals surface area contributed by atoms with Gasteiger partial charge in [-0.25, -0.2) is 4.58 Å². The molecule has 0 saturated carbocycles.